The predicted octanol–water partition coefficient (Wildman–Crippen LogP) is 11.3. The number of piperidine rings is 1. The molecule has 51 heavy (non-hydrogen) atoms. The van der Waals surface area contributed by atoms with Gasteiger partial charge in [-0.15, -0.1) is 0 Å². The molecule has 0 bridgehead atoms. The summed E-state index contributed by atoms with van der Waals surface area (Å²) in [6.07, 6.45) is 6.41. The van der Waals surface area contributed by atoms with Crippen LogP contribution in [0.3, 0.4) is 0 Å². The minimum absolute atomic E-state index is 0.0555. The maximum atomic E-state index is 13.6. The van der Waals surface area contributed by atoms with Crippen LogP contribution in [-0.2, 0) is 6.54 Å². The van der Waals surface area contributed by atoms with Gasteiger partial charge in [0.05, 0.1) is 20.3 Å². The first-order valence-electron chi connectivity index (χ1n) is 18.1. The molecular weight excluding hydrogens is 718 g/mol. The molecule has 0 spiro atoms. The van der Waals surface area contributed by atoms with E-state index in [0.717, 1.165) is 87.6 Å². The molecule has 268 valence electrons. The van der Waals surface area contributed by atoms with Gasteiger partial charge in [0.2, 0.25) is 0 Å². The zero-order valence-corrected chi connectivity index (χ0v) is 32.9. The Hall–Kier alpha value is -3.08. The zero-order chi connectivity index (χ0) is 35.9. The van der Waals surface area contributed by atoms with E-state index in [9.17, 15) is 4.79 Å². The number of hydrogen-bond acceptors (Lipinski definition) is 8. The van der Waals surface area contributed by atoms with Crippen molar-refractivity contribution in [2.75, 3.05) is 4.90 Å². The van der Waals surface area contributed by atoms with Gasteiger partial charge in [-0.2, -0.15) is 0 Å². The molecule has 2 aliphatic carbocycles. The largest absolute Gasteiger partial charge is 0.360 e. The number of nitrogens with one attached hydrogen (secondary N) is 2. The van der Waals surface area contributed by atoms with E-state index in [4.69, 9.17) is 32.7 Å². The van der Waals surface area contributed by atoms with E-state index in [1.165, 1.54) is 0 Å². The number of rotatable bonds is 10. The minimum Gasteiger partial charge on any atom is -0.360 e. The van der Waals surface area contributed by atoms with Crippen molar-refractivity contribution in [1.29, 1.82) is 0 Å². The van der Waals surface area contributed by atoms with Crippen molar-refractivity contribution in [2.24, 2.45) is 0 Å². The van der Waals surface area contributed by atoms with Crippen LogP contribution in [0.25, 0.3) is 32.6 Å². The molecule has 1 saturated heterocycles. The molecule has 0 radical (unpaired) electrons. The average molecular weight is 763 g/mol. The highest BCUT2D eigenvalue weighted by Crippen LogP contribution is 2.47. The van der Waals surface area contributed by atoms with Crippen molar-refractivity contribution in [2.45, 2.75) is 108 Å². The van der Waals surface area contributed by atoms with Gasteiger partial charge in [0.25, 0.3) is 5.91 Å². The lowest BCUT2D eigenvalue weighted by molar-refractivity contribution is 0.0985. The van der Waals surface area contributed by atoms with Gasteiger partial charge in [0, 0.05) is 52.0 Å². The Labute approximate surface area is 319 Å². The molecular formula is C40H45Cl2N5O2S2. The Kier molecular flexibility index (Phi) is 10.8. The van der Waals surface area contributed by atoms with Crippen molar-refractivity contribution in [3.8, 4) is 22.4 Å². The molecule has 7 nitrogen and oxygen atoms in total. The van der Waals surface area contributed by atoms with E-state index in [1.807, 2.05) is 56.3 Å². The Morgan fingerprint density at radius 2 is 1.71 bits per heavy atom. The number of carbonyl (C=O) groups excluding carboxylic acids is 1. The second kappa shape index (κ2) is 15.1. The topological polar surface area (TPSA) is 83.3 Å². The number of nitrogens with zero attached hydrogens (tertiary/aromatic N) is 3. The first-order valence-corrected chi connectivity index (χ1v) is 20.5. The van der Waals surface area contributed by atoms with Crippen LogP contribution in [-0.4, -0.2) is 38.9 Å². The number of anilines is 1. The fourth-order valence-corrected chi connectivity index (χ4v) is 9.59. The normalized spacial score (nSPS) is 20.9. The van der Waals surface area contributed by atoms with E-state index >= 15 is 0 Å². The molecule has 3 fully saturated rings. The molecule has 8 rings (SSSR count). The summed E-state index contributed by atoms with van der Waals surface area (Å²) < 4.78 is 10.2. The fourth-order valence-electron chi connectivity index (χ4n) is 7.07. The van der Waals surface area contributed by atoms with E-state index in [0.29, 0.717) is 34.1 Å². The number of carbonyl (C=O) groups is 1. The molecule has 2 unspecified atom stereocenters. The van der Waals surface area contributed by atoms with Crippen LogP contribution in [0.2, 0.25) is 10.0 Å². The second-order valence-electron chi connectivity index (χ2n) is 14.1. The molecule has 3 aromatic carbocycles. The lowest BCUT2D eigenvalue weighted by Gasteiger charge is -2.43. The van der Waals surface area contributed by atoms with Crippen molar-refractivity contribution in [3.63, 3.8) is 0 Å². The third kappa shape index (κ3) is 7.70. The summed E-state index contributed by atoms with van der Waals surface area (Å²) in [6.45, 7) is 11.4. The van der Waals surface area contributed by atoms with Crippen molar-refractivity contribution >= 4 is 67.7 Å². The fraction of sp³-hybridized carbons (Fsp3) is 0.425. The van der Waals surface area contributed by atoms with Gasteiger partial charge in [0.15, 0.2) is 5.13 Å². The number of hydrogen-bond donors (Lipinski definition) is 2. The van der Waals surface area contributed by atoms with Crippen LogP contribution in [0, 0.1) is 0 Å². The van der Waals surface area contributed by atoms with Crippen molar-refractivity contribution in [1.82, 2.24) is 20.2 Å². The summed E-state index contributed by atoms with van der Waals surface area (Å²) in [4.78, 5) is 21.2. The molecule has 1 aliphatic heterocycles. The maximum Gasteiger partial charge on any atom is 0.261 e. The molecule has 5 aromatic rings. The molecule has 1 amide bonds. The number of fused-ring (bicyclic) bond motifs is 1. The highest BCUT2D eigenvalue weighted by Gasteiger charge is 2.39. The molecule has 3 aliphatic rings. The molecule has 2 saturated carbocycles. The van der Waals surface area contributed by atoms with Crippen LogP contribution in [0.15, 0.2) is 65.2 Å². The van der Waals surface area contributed by atoms with Gasteiger partial charge < -0.3 is 14.7 Å². The Bertz CT molecular complexity index is 1990. The Morgan fingerprint density at radius 3 is 2.35 bits per heavy atom. The number of amides is 1. The van der Waals surface area contributed by atoms with Gasteiger partial charge in [-0.05, 0) is 107 Å². The predicted molar refractivity (Wildman–Crippen MR) is 214 cm³/mol. The van der Waals surface area contributed by atoms with Gasteiger partial charge >= 0.3 is 0 Å². The highest BCUT2D eigenvalue weighted by atomic mass is 35.5. The lowest BCUT2D eigenvalue weighted by atomic mass is 9.92. The van der Waals surface area contributed by atoms with Crippen LogP contribution in [0.5, 0.6) is 0 Å². The first-order chi connectivity index (χ1) is 24.7. The number of thiazole rings is 1. The van der Waals surface area contributed by atoms with E-state index < -0.39 is 0 Å². The monoisotopic (exact) mass is 761 g/mol. The first kappa shape index (κ1) is 36.3. The number of aromatic nitrogens is 2. The number of benzene rings is 3. The summed E-state index contributed by atoms with van der Waals surface area (Å²) in [5, 5.41) is 10.5. The van der Waals surface area contributed by atoms with Gasteiger partial charge in [-0.25, -0.2) is 4.98 Å². The third-order valence-corrected chi connectivity index (χ3v) is 13.0. The molecule has 11 heteroatoms. The van der Waals surface area contributed by atoms with Crippen molar-refractivity contribution < 1.29 is 9.32 Å². The quantitative estimate of drug-likeness (QED) is 0.137. The number of halogens is 2. The Balaban J connectivity index is 0.00000200. The van der Waals surface area contributed by atoms with Crippen LogP contribution in [0.1, 0.15) is 101 Å². The smallest absolute Gasteiger partial charge is 0.261 e. The van der Waals surface area contributed by atoms with Crippen LogP contribution in [0.4, 0.5) is 5.13 Å². The third-order valence-electron chi connectivity index (χ3n) is 10.1. The zero-order valence-electron chi connectivity index (χ0n) is 29.8. The summed E-state index contributed by atoms with van der Waals surface area (Å²) in [7, 11) is 0. The summed E-state index contributed by atoms with van der Waals surface area (Å²) in [5.74, 6) is 1.31. The summed E-state index contributed by atoms with van der Waals surface area (Å²) >= 11 is 16.4. The maximum absolute atomic E-state index is 13.6. The lowest BCUT2D eigenvalue weighted by Crippen LogP contribution is -2.52. The second-order valence-corrected chi connectivity index (χ2v) is 17.3. The van der Waals surface area contributed by atoms with Crippen LogP contribution < -0.4 is 14.9 Å². The Morgan fingerprint density at radius 1 is 1.02 bits per heavy atom. The van der Waals surface area contributed by atoms with Gasteiger partial charge in [-0.3, -0.25) is 9.52 Å². The standard InChI is InChI=1S/C38H39Cl2N5O2S2.C2H6/c1-21-16-25(41-20-28-34(43-47-35(28)24-12-13-24)33-29(39)10-7-11-30(33)40)17-22(2)45(21)37-42-31-18-26(23-8-5-4-6-9-23)27(19-32(31)48-37)36(46)44-49-38(3)14-15-38;1-2/h4-11,18-19,21-22,24-25,41H,12-17,20H2,1-3H3,(H,44,46);1-2H3. The highest BCUT2D eigenvalue weighted by molar-refractivity contribution is 7.99. The molecule has 2 N–H and O–H groups in total. The van der Waals surface area contributed by atoms with Gasteiger partial charge in [0.1, 0.15) is 11.5 Å². The SMILES string of the molecule is CC.CC1CC(NCc2c(-c3c(Cl)cccc3Cl)noc2C2CC2)CC(C)N1c1nc2cc(-c3ccccc3)c(C(=O)NSC3(C)CC3)cc2s1. The summed E-state index contributed by atoms with van der Waals surface area (Å²) in [6, 6.07) is 20.6. The van der Waals surface area contributed by atoms with E-state index in [2.05, 4.69) is 59.1 Å². The molecule has 3 heterocycles. The summed E-state index contributed by atoms with van der Waals surface area (Å²) in [5.41, 5.74) is 6.06. The van der Waals surface area contributed by atoms with Crippen LogP contribution >= 0.6 is 46.5 Å². The van der Waals surface area contributed by atoms with Crippen molar-refractivity contribution in [3.05, 3.63) is 87.6 Å². The van der Waals surface area contributed by atoms with E-state index in [-0.39, 0.29) is 22.7 Å². The van der Waals surface area contributed by atoms with Gasteiger partial charge in [-0.1, -0.05) is 89.9 Å². The van der Waals surface area contributed by atoms with E-state index in [1.54, 1.807) is 23.3 Å². The minimum atomic E-state index is -0.0555. The average Bonchev–Trinajstić information content (AvgIpc) is 4.03. The molecule has 2 atom stereocenters. The molecule has 2 aromatic heterocycles.